The molecule has 0 unspecified atom stereocenters. The number of pyridine rings is 2. The number of rotatable bonds is 5. The van der Waals surface area contributed by atoms with Crippen LogP contribution in [0.1, 0.15) is 25.3 Å². The lowest BCUT2D eigenvalue weighted by Gasteiger charge is -2.42. The van der Waals surface area contributed by atoms with Gasteiger partial charge >= 0.3 is 0 Å². The zero-order valence-electron chi connectivity index (χ0n) is 19.3. The summed E-state index contributed by atoms with van der Waals surface area (Å²) in [6.45, 7) is 10.3. The van der Waals surface area contributed by atoms with Crippen LogP contribution in [-0.4, -0.2) is 82.0 Å². The third-order valence-corrected chi connectivity index (χ3v) is 6.91. The number of piperazine rings is 1. The number of anilines is 1. The number of hydrogen-bond donors (Lipinski definition) is 1. The quantitative estimate of drug-likeness (QED) is 0.504. The Kier molecular flexibility index (Phi) is 4.95. The van der Waals surface area contributed by atoms with E-state index in [1.807, 2.05) is 18.5 Å². The summed E-state index contributed by atoms with van der Waals surface area (Å²) >= 11 is 0. The maximum Gasteiger partial charge on any atom is 0.197 e. The largest absolute Gasteiger partial charge is 0.493 e. The smallest absolute Gasteiger partial charge is 0.197 e. The molecule has 0 radical (unpaired) electrons. The van der Waals surface area contributed by atoms with Crippen molar-refractivity contribution < 1.29 is 9.47 Å². The van der Waals surface area contributed by atoms with Crippen LogP contribution in [-0.2, 0) is 4.74 Å². The van der Waals surface area contributed by atoms with Crippen LogP contribution in [0, 0.1) is 0 Å². The molecule has 4 aromatic rings. The fraction of sp³-hybridized carbons (Fsp3) is 0.458. The summed E-state index contributed by atoms with van der Waals surface area (Å²) in [4.78, 5) is 17.7. The summed E-state index contributed by atoms with van der Waals surface area (Å²) in [7, 11) is 1.66. The molecule has 33 heavy (non-hydrogen) atoms. The van der Waals surface area contributed by atoms with Gasteiger partial charge in [0, 0.05) is 43.3 Å². The summed E-state index contributed by atoms with van der Waals surface area (Å²) in [5.74, 6) is 2.08. The van der Waals surface area contributed by atoms with Crippen LogP contribution in [0.2, 0.25) is 0 Å². The van der Waals surface area contributed by atoms with E-state index in [1.54, 1.807) is 18.0 Å². The van der Waals surface area contributed by atoms with Crippen molar-refractivity contribution in [2.45, 2.75) is 25.8 Å². The van der Waals surface area contributed by atoms with Crippen molar-refractivity contribution >= 4 is 22.4 Å². The maximum absolute atomic E-state index is 5.59. The van der Waals surface area contributed by atoms with Crippen LogP contribution >= 0.6 is 0 Å². The average molecular weight is 448 g/mol. The fourth-order valence-corrected chi connectivity index (χ4v) is 5.04. The normalized spacial score (nSPS) is 17.9. The minimum Gasteiger partial charge on any atom is -0.493 e. The van der Waals surface area contributed by atoms with Crippen molar-refractivity contribution in [3.63, 3.8) is 0 Å². The highest BCUT2D eigenvalue weighted by atomic mass is 16.5. The van der Waals surface area contributed by atoms with E-state index in [9.17, 15) is 0 Å². The van der Waals surface area contributed by atoms with Gasteiger partial charge in [0.25, 0.3) is 0 Å². The minimum atomic E-state index is 0.330. The summed E-state index contributed by atoms with van der Waals surface area (Å²) < 4.78 is 12.7. The molecule has 2 fully saturated rings. The van der Waals surface area contributed by atoms with Gasteiger partial charge in [0.1, 0.15) is 12.1 Å². The molecule has 6 heterocycles. The van der Waals surface area contributed by atoms with E-state index in [0.29, 0.717) is 23.4 Å². The highest BCUT2D eigenvalue weighted by Gasteiger charge is 2.29. The Balaban J connectivity index is 1.38. The summed E-state index contributed by atoms with van der Waals surface area (Å²) in [5.41, 5.74) is 5.12. The van der Waals surface area contributed by atoms with Gasteiger partial charge in [-0.05, 0) is 23.6 Å². The lowest BCUT2D eigenvalue weighted by molar-refractivity contribution is -0.0660. The molecule has 0 aliphatic carbocycles. The van der Waals surface area contributed by atoms with E-state index in [1.165, 1.54) is 10.9 Å². The Morgan fingerprint density at radius 2 is 1.94 bits per heavy atom. The zero-order valence-corrected chi connectivity index (χ0v) is 19.3. The Morgan fingerprint density at radius 1 is 1.12 bits per heavy atom. The van der Waals surface area contributed by atoms with Crippen molar-refractivity contribution in [3.8, 4) is 17.0 Å². The van der Waals surface area contributed by atoms with E-state index in [4.69, 9.17) is 14.5 Å². The Bertz CT molecular complexity index is 1300. The van der Waals surface area contributed by atoms with Crippen LogP contribution < -0.4 is 9.64 Å². The second-order valence-electron chi connectivity index (χ2n) is 9.20. The molecule has 172 valence electrons. The molecular formula is C24H29N7O2. The second-order valence-corrected chi connectivity index (χ2v) is 9.20. The van der Waals surface area contributed by atoms with E-state index in [0.717, 1.165) is 62.0 Å². The van der Waals surface area contributed by atoms with Crippen LogP contribution in [0.3, 0.4) is 0 Å². The van der Waals surface area contributed by atoms with Crippen molar-refractivity contribution in [3.05, 3.63) is 36.4 Å². The number of aromatic amines is 1. The van der Waals surface area contributed by atoms with Gasteiger partial charge in [0.15, 0.2) is 11.4 Å². The number of H-pyrrole nitrogens is 1. The van der Waals surface area contributed by atoms with E-state index in [-0.39, 0.29) is 0 Å². The second kappa shape index (κ2) is 8.00. The van der Waals surface area contributed by atoms with Crippen LogP contribution in [0.15, 0.2) is 30.9 Å². The van der Waals surface area contributed by atoms with E-state index < -0.39 is 0 Å². The number of hydrogen-bond acceptors (Lipinski definition) is 7. The lowest BCUT2D eigenvalue weighted by atomic mass is 9.97. The van der Waals surface area contributed by atoms with Gasteiger partial charge in [0.2, 0.25) is 0 Å². The van der Waals surface area contributed by atoms with E-state index in [2.05, 4.69) is 44.8 Å². The number of methoxy groups -OCH3 is 1. The summed E-state index contributed by atoms with van der Waals surface area (Å²) in [6, 6.07) is 4.87. The number of fused-ring (bicyclic) bond motifs is 2. The molecule has 0 bridgehead atoms. The fourth-order valence-electron chi connectivity index (χ4n) is 5.04. The van der Waals surface area contributed by atoms with Crippen molar-refractivity contribution in [1.82, 2.24) is 29.5 Å². The number of nitrogens with zero attached hydrogens (tertiary/aromatic N) is 6. The number of aromatic nitrogens is 5. The first kappa shape index (κ1) is 20.4. The molecular weight excluding hydrogens is 418 g/mol. The SMILES string of the molecule is COc1cc(-c2[nH]c3cnc(N4CCN(C5COC5)CC4)cc3c2C(C)C)cn2ncnc12. The molecule has 0 spiro atoms. The van der Waals surface area contributed by atoms with Gasteiger partial charge in [-0.2, -0.15) is 5.10 Å². The predicted octanol–water partition coefficient (Wildman–Crippen LogP) is 2.93. The van der Waals surface area contributed by atoms with Crippen molar-refractivity contribution in [1.29, 1.82) is 0 Å². The van der Waals surface area contributed by atoms with Crippen molar-refractivity contribution in [2.75, 3.05) is 51.4 Å². The molecule has 0 atom stereocenters. The van der Waals surface area contributed by atoms with Crippen LogP contribution in [0.4, 0.5) is 5.82 Å². The number of ether oxygens (including phenoxy) is 2. The Labute approximate surface area is 192 Å². The first-order valence-corrected chi connectivity index (χ1v) is 11.6. The zero-order chi connectivity index (χ0) is 22.5. The van der Waals surface area contributed by atoms with Gasteiger partial charge in [-0.3, -0.25) is 4.90 Å². The minimum absolute atomic E-state index is 0.330. The van der Waals surface area contributed by atoms with Gasteiger partial charge in [-0.25, -0.2) is 14.5 Å². The molecule has 6 rings (SSSR count). The monoisotopic (exact) mass is 447 g/mol. The highest BCUT2D eigenvalue weighted by Crippen LogP contribution is 2.38. The van der Waals surface area contributed by atoms with Gasteiger partial charge < -0.3 is 19.4 Å². The molecule has 2 aliphatic rings. The van der Waals surface area contributed by atoms with Gasteiger partial charge in [0.05, 0.1) is 43.8 Å². The molecule has 2 aliphatic heterocycles. The summed E-state index contributed by atoms with van der Waals surface area (Å²) in [5, 5.41) is 5.55. The summed E-state index contributed by atoms with van der Waals surface area (Å²) in [6.07, 6.45) is 5.51. The molecule has 0 aromatic carbocycles. The van der Waals surface area contributed by atoms with Crippen LogP contribution in [0.5, 0.6) is 5.75 Å². The molecule has 9 heteroatoms. The van der Waals surface area contributed by atoms with Gasteiger partial charge in [-0.15, -0.1) is 0 Å². The first-order chi connectivity index (χ1) is 16.1. The number of nitrogens with one attached hydrogen (secondary N) is 1. The lowest BCUT2D eigenvalue weighted by Crippen LogP contribution is -2.56. The topological polar surface area (TPSA) is 83.8 Å². The highest BCUT2D eigenvalue weighted by molar-refractivity contribution is 5.92. The Morgan fingerprint density at radius 3 is 2.64 bits per heavy atom. The van der Waals surface area contributed by atoms with E-state index >= 15 is 0 Å². The Hall–Kier alpha value is -3.17. The third-order valence-electron chi connectivity index (χ3n) is 6.91. The first-order valence-electron chi connectivity index (χ1n) is 11.6. The average Bonchev–Trinajstić information content (AvgIpc) is 3.41. The maximum atomic E-state index is 5.59. The van der Waals surface area contributed by atoms with Gasteiger partial charge in [-0.1, -0.05) is 13.8 Å². The molecule has 2 saturated heterocycles. The molecule has 0 saturated carbocycles. The van der Waals surface area contributed by atoms with Crippen LogP contribution in [0.25, 0.3) is 27.8 Å². The standard InChI is InChI=1S/C24H29N7O2/c1-15(2)22-18-9-21(30-6-4-29(5-7-30)17-12-33-13-17)25-10-19(18)28-23(22)16-8-20(32-3)24-26-14-27-31(24)11-16/h8-11,14-15,17,28H,4-7,12-13H2,1-3H3. The molecule has 4 aromatic heterocycles. The molecule has 9 nitrogen and oxygen atoms in total. The third kappa shape index (κ3) is 3.43. The molecule has 0 amide bonds. The molecule has 1 N–H and O–H groups in total. The van der Waals surface area contributed by atoms with Crippen molar-refractivity contribution in [2.24, 2.45) is 0 Å². The predicted molar refractivity (Wildman–Crippen MR) is 127 cm³/mol.